The van der Waals surface area contributed by atoms with E-state index in [1.807, 2.05) is 60.7 Å². The monoisotopic (exact) mass is 594 g/mol. The molecule has 5 rings (SSSR count). The summed E-state index contributed by atoms with van der Waals surface area (Å²) in [5.74, 6) is 0.511. The average molecular weight is 595 g/mol. The van der Waals surface area contributed by atoms with Crippen molar-refractivity contribution in [3.63, 3.8) is 0 Å². The number of hydrogen-bond acceptors (Lipinski definition) is 7. The van der Waals surface area contributed by atoms with E-state index < -0.39 is 17.4 Å². The Labute approximate surface area is 254 Å². The lowest BCUT2D eigenvalue weighted by atomic mass is 10.2. The maximum absolute atomic E-state index is 14.0. The Morgan fingerprint density at radius 3 is 2.16 bits per heavy atom. The van der Waals surface area contributed by atoms with Crippen molar-refractivity contribution in [2.24, 2.45) is 0 Å². The zero-order valence-corrected chi connectivity index (χ0v) is 24.9. The topological polar surface area (TPSA) is 114 Å². The van der Waals surface area contributed by atoms with Gasteiger partial charge in [0.15, 0.2) is 6.29 Å². The maximum atomic E-state index is 14.0. The molecule has 10 heteroatoms. The number of hydrogen-bond donors (Lipinski definition) is 1. The molecular formula is C34H34N4O6. The van der Waals surface area contributed by atoms with Crippen LogP contribution in [0.2, 0.25) is 0 Å². The van der Waals surface area contributed by atoms with Crippen molar-refractivity contribution in [3.05, 3.63) is 118 Å². The van der Waals surface area contributed by atoms with Gasteiger partial charge in [0.1, 0.15) is 24.5 Å². The Bertz CT molecular complexity index is 1810. The quantitative estimate of drug-likeness (QED) is 0.196. The normalized spacial score (nSPS) is 11.2. The molecule has 0 bridgehead atoms. The molecule has 1 N–H and O–H groups in total. The van der Waals surface area contributed by atoms with Crippen LogP contribution in [-0.2, 0) is 24.5 Å². The smallest absolute Gasteiger partial charge is 0.407 e. The third-order valence-corrected chi connectivity index (χ3v) is 6.61. The number of rotatable bonds is 11. The van der Waals surface area contributed by atoms with E-state index in [0.29, 0.717) is 41.1 Å². The van der Waals surface area contributed by atoms with Crippen molar-refractivity contribution >= 4 is 23.4 Å². The molecule has 0 atom stereocenters. The van der Waals surface area contributed by atoms with Gasteiger partial charge in [-0.3, -0.25) is 13.9 Å². The number of benzene rings is 3. The minimum Gasteiger partial charge on any atom is -0.473 e. The first kappa shape index (κ1) is 30.1. The molecule has 3 aromatic carbocycles. The number of nitrogens with zero attached hydrogens (tertiary/aromatic N) is 3. The number of carbonyl (C=O) groups is 2. The number of para-hydroxylation sites is 1. The zero-order chi connectivity index (χ0) is 31.1. The molecule has 0 aliphatic carbocycles. The van der Waals surface area contributed by atoms with Gasteiger partial charge < -0.3 is 19.5 Å². The Morgan fingerprint density at radius 2 is 1.52 bits per heavy atom. The van der Waals surface area contributed by atoms with Crippen LogP contribution in [0.3, 0.4) is 0 Å². The molecule has 0 saturated heterocycles. The van der Waals surface area contributed by atoms with E-state index in [0.717, 1.165) is 11.1 Å². The summed E-state index contributed by atoms with van der Waals surface area (Å²) in [5.41, 5.74) is 2.43. The van der Waals surface area contributed by atoms with Crippen LogP contribution in [0.5, 0.6) is 11.8 Å². The first-order valence-corrected chi connectivity index (χ1v) is 14.2. The number of nitrogens with one attached hydrogen (secondary N) is 1. The Morgan fingerprint density at radius 1 is 0.864 bits per heavy atom. The summed E-state index contributed by atoms with van der Waals surface area (Å²) in [6.07, 6.45) is 0.104. The van der Waals surface area contributed by atoms with E-state index in [1.165, 1.54) is 9.13 Å². The largest absolute Gasteiger partial charge is 0.473 e. The average Bonchev–Trinajstić information content (AvgIpc) is 3.30. The second-order valence-corrected chi connectivity index (χ2v) is 11.1. The highest BCUT2D eigenvalue weighted by atomic mass is 16.6. The summed E-state index contributed by atoms with van der Waals surface area (Å²) in [7, 11) is 0. The predicted molar refractivity (Wildman–Crippen MR) is 167 cm³/mol. The molecule has 0 radical (unpaired) electrons. The fraction of sp³-hybridized carbons (Fsp3) is 0.235. The number of imidazole rings is 1. The molecular weight excluding hydrogens is 560 g/mol. The number of fused-ring (bicyclic) bond motifs is 1. The van der Waals surface area contributed by atoms with Gasteiger partial charge in [0, 0.05) is 24.7 Å². The third kappa shape index (κ3) is 7.15. The van der Waals surface area contributed by atoms with E-state index in [1.54, 1.807) is 51.1 Å². The van der Waals surface area contributed by atoms with Gasteiger partial charge in [0.05, 0.1) is 11.0 Å². The predicted octanol–water partition coefficient (Wildman–Crippen LogP) is 5.68. The molecule has 0 unspecified atom stereocenters. The van der Waals surface area contributed by atoms with Gasteiger partial charge in [0.25, 0.3) is 0 Å². The van der Waals surface area contributed by atoms with Crippen LogP contribution in [0.15, 0.2) is 95.8 Å². The zero-order valence-electron chi connectivity index (χ0n) is 24.9. The highest BCUT2D eigenvalue weighted by Gasteiger charge is 2.22. The molecule has 44 heavy (non-hydrogen) atoms. The Balaban J connectivity index is 1.53. The maximum Gasteiger partial charge on any atom is 0.407 e. The third-order valence-electron chi connectivity index (χ3n) is 6.61. The van der Waals surface area contributed by atoms with E-state index in [-0.39, 0.29) is 25.6 Å². The van der Waals surface area contributed by atoms with Crippen molar-refractivity contribution in [1.82, 2.24) is 19.4 Å². The molecule has 0 saturated carbocycles. The van der Waals surface area contributed by atoms with Gasteiger partial charge in [-0.05, 0) is 50.1 Å². The lowest BCUT2D eigenvalue weighted by Gasteiger charge is -2.19. The lowest BCUT2D eigenvalue weighted by molar-refractivity contribution is 0.0526. The van der Waals surface area contributed by atoms with E-state index in [2.05, 4.69) is 10.3 Å². The molecule has 1 amide bonds. The number of aromatic nitrogens is 3. The lowest BCUT2D eigenvalue weighted by Crippen LogP contribution is -2.35. The Kier molecular flexibility index (Phi) is 9.09. The van der Waals surface area contributed by atoms with Gasteiger partial charge in [0.2, 0.25) is 11.8 Å². The first-order valence-electron chi connectivity index (χ1n) is 14.2. The Hall–Kier alpha value is -5.38. The first-order chi connectivity index (χ1) is 21.2. The van der Waals surface area contributed by atoms with Gasteiger partial charge in [-0.1, -0.05) is 66.7 Å². The highest BCUT2D eigenvalue weighted by Crippen LogP contribution is 2.29. The van der Waals surface area contributed by atoms with Gasteiger partial charge in [-0.25, -0.2) is 9.59 Å². The summed E-state index contributed by atoms with van der Waals surface area (Å²) in [5, 5.41) is 2.68. The summed E-state index contributed by atoms with van der Waals surface area (Å²) < 4.78 is 20.4. The van der Waals surface area contributed by atoms with Crippen molar-refractivity contribution in [3.8, 4) is 17.4 Å². The molecule has 0 aliphatic heterocycles. The summed E-state index contributed by atoms with van der Waals surface area (Å²) >= 11 is 0. The number of ether oxygens (including phenoxy) is 3. The molecule has 5 aromatic rings. The number of carbonyl (C=O) groups excluding carboxylic acids is 2. The minimum absolute atomic E-state index is 0.0956. The second kappa shape index (κ2) is 13.3. The van der Waals surface area contributed by atoms with E-state index in [4.69, 9.17) is 14.2 Å². The van der Waals surface area contributed by atoms with E-state index >= 15 is 0 Å². The van der Waals surface area contributed by atoms with Crippen LogP contribution < -0.4 is 20.5 Å². The van der Waals surface area contributed by atoms with Crippen LogP contribution in [0.1, 0.15) is 42.3 Å². The van der Waals surface area contributed by atoms with Crippen molar-refractivity contribution in [2.45, 2.75) is 46.1 Å². The molecule has 0 fully saturated rings. The molecule has 0 spiro atoms. The van der Waals surface area contributed by atoms with Crippen molar-refractivity contribution in [1.29, 1.82) is 0 Å². The SMILES string of the molecule is CC(C)(C)OC(=O)NCCn1c(=O)n(-c2ccc(OCc3ccccc3)nc2OCc2ccccc2)c2cccc(C=O)c21. The minimum atomic E-state index is -0.665. The molecule has 226 valence electrons. The van der Waals surface area contributed by atoms with Crippen LogP contribution in [0, 0.1) is 0 Å². The summed E-state index contributed by atoms with van der Waals surface area (Å²) in [6, 6.07) is 27.8. The summed E-state index contributed by atoms with van der Waals surface area (Å²) in [6.45, 7) is 6.01. The standard InChI is InChI=1S/C34H34N4O6/c1-34(2,3)44-32(40)35-19-20-37-30-26(21-39)15-10-16-27(30)38(33(37)41)28-17-18-29(42-22-24-11-6-4-7-12-24)36-31(28)43-23-25-13-8-5-9-14-25/h4-18,21H,19-20,22-23H2,1-3H3,(H,35,40). The second-order valence-electron chi connectivity index (χ2n) is 11.1. The number of aldehydes is 1. The molecule has 2 heterocycles. The van der Waals surface area contributed by atoms with Gasteiger partial charge in [-0.15, -0.1) is 0 Å². The fourth-order valence-electron chi connectivity index (χ4n) is 4.69. The van der Waals surface area contributed by atoms with Gasteiger partial charge >= 0.3 is 11.8 Å². The van der Waals surface area contributed by atoms with Crippen LogP contribution in [-0.4, -0.2) is 38.6 Å². The molecule has 0 aliphatic rings. The number of pyridine rings is 1. The van der Waals surface area contributed by atoms with Crippen molar-refractivity contribution in [2.75, 3.05) is 6.54 Å². The molecule has 2 aromatic heterocycles. The van der Waals surface area contributed by atoms with Gasteiger partial charge in [-0.2, -0.15) is 4.98 Å². The molecule has 10 nitrogen and oxygen atoms in total. The van der Waals surface area contributed by atoms with Crippen LogP contribution >= 0.6 is 0 Å². The number of alkyl carbamates (subject to hydrolysis) is 1. The summed E-state index contributed by atoms with van der Waals surface area (Å²) in [4.78, 5) is 43.0. The number of amides is 1. The van der Waals surface area contributed by atoms with Crippen LogP contribution in [0.25, 0.3) is 16.7 Å². The van der Waals surface area contributed by atoms with Crippen LogP contribution in [0.4, 0.5) is 4.79 Å². The highest BCUT2D eigenvalue weighted by molar-refractivity contribution is 5.95. The van der Waals surface area contributed by atoms with E-state index in [9.17, 15) is 14.4 Å². The fourth-order valence-corrected chi connectivity index (χ4v) is 4.69. The van der Waals surface area contributed by atoms with Crippen molar-refractivity contribution < 1.29 is 23.8 Å².